The highest BCUT2D eigenvalue weighted by Crippen LogP contribution is 2.31. The molecule has 0 radical (unpaired) electrons. The van der Waals surface area contributed by atoms with Crippen molar-refractivity contribution < 1.29 is 14.4 Å². The van der Waals surface area contributed by atoms with Crippen molar-refractivity contribution in [3.8, 4) is 5.82 Å². The van der Waals surface area contributed by atoms with E-state index in [4.69, 9.17) is 11.1 Å². The Balaban J connectivity index is 1.80. The molecular formula is C20H24N8O3. The maximum Gasteiger partial charge on any atom is 0.274 e. The highest BCUT2D eigenvalue weighted by Gasteiger charge is 2.41. The number of pyridine rings is 1. The normalized spacial score (nSPS) is 15.6. The quantitative estimate of drug-likeness (QED) is 0.388. The van der Waals surface area contributed by atoms with Gasteiger partial charge in [0.2, 0.25) is 5.91 Å². The van der Waals surface area contributed by atoms with E-state index in [0.717, 1.165) is 0 Å². The van der Waals surface area contributed by atoms with Gasteiger partial charge in [0.25, 0.3) is 11.8 Å². The number of aromatic nitrogens is 3. The lowest BCUT2D eigenvalue weighted by molar-refractivity contribution is -0.131. The lowest BCUT2D eigenvalue weighted by Gasteiger charge is -2.22. The highest BCUT2D eigenvalue weighted by molar-refractivity contribution is 6.10. The van der Waals surface area contributed by atoms with Crippen LogP contribution in [0.5, 0.6) is 0 Å². The molecule has 0 saturated carbocycles. The van der Waals surface area contributed by atoms with E-state index in [1.807, 2.05) is 13.8 Å². The van der Waals surface area contributed by atoms with E-state index in [1.54, 1.807) is 19.2 Å². The summed E-state index contributed by atoms with van der Waals surface area (Å²) in [4.78, 5) is 42.2. The van der Waals surface area contributed by atoms with E-state index in [0.29, 0.717) is 18.8 Å². The number of amides is 3. The minimum Gasteiger partial charge on any atom is -0.392 e. The summed E-state index contributed by atoms with van der Waals surface area (Å²) in [6.07, 6.45) is 4.78. The summed E-state index contributed by atoms with van der Waals surface area (Å²) in [5.41, 5.74) is 5.10. The number of nitrogens with one attached hydrogen (secondary N) is 3. The Labute approximate surface area is 178 Å². The predicted octanol–water partition coefficient (Wildman–Crippen LogP) is 0.393. The van der Waals surface area contributed by atoms with Crippen LogP contribution >= 0.6 is 0 Å². The molecule has 1 saturated heterocycles. The van der Waals surface area contributed by atoms with Crippen LogP contribution < -0.4 is 16.4 Å². The molecular weight excluding hydrogens is 400 g/mol. The predicted molar refractivity (Wildman–Crippen MR) is 112 cm³/mol. The highest BCUT2D eigenvalue weighted by atomic mass is 16.2. The molecule has 0 bridgehead atoms. The first kappa shape index (κ1) is 21.7. The van der Waals surface area contributed by atoms with E-state index >= 15 is 0 Å². The van der Waals surface area contributed by atoms with Crippen molar-refractivity contribution in [1.29, 1.82) is 5.41 Å². The van der Waals surface area contributed by atoms with Crippen LogP contribution in [-0.2, 0) is 4.79 Å². The zero-order valence-corrected chi connectivity index (χ0v) is 17.5. The van der Waals surface area contributed by atoms with Gasteiger partial charge in [-0.15, -0.1) is 0 Å². The van der Waals surface area contributed by atoms with E-state index in [1.165, 1.54) is 34.2 Å². The number of hydrogen-bond donors (Lipinski definition) is 4. The van der Waals surface area contributed by atoms with Crippen molar-refractivity contribution in [3.05, 3.63) is 53.7 Å². The standard InChI is InChI=1S/C20H24N8O3/c1-20(2)7-8-27(19(20)31)16(21)14(10-23-3)26-18(30)13-5-4-6-15(25-13)28-11-12(9-24-28)17(22)29/h4-6,9-11,21,23H,7-8H2,1-3H3,(H2,22,29)(H,26,30)/b14-10+,21-16?. The second kappa shape index (κ2) is 8.38. The van der Waals surface area contributed by atoms with Crippen LogP contribution in [0.1, 0.15) is 41.1 Å². The Bertz CT molecular complexity index is 1090. The van der Waals surface area contributed by atoms with E-state index in [2.05, 4.69) is 20.7 Å². The van der Waals surface area contributed by atoms with Gasteiger partial charge in [0.1, 0.15) is 5.69 Å². The maximum atomic E-state index is 12.8. The molecule has 162 valence electrons. The molecule has 2 aromatic rings. The summed E-state index contributed by atoms with van der Waals surface area (Å²) < 4.78 is 1.33. The van der Waals surface area contributed by atoms with Crippen LogP contribution in [-0.4, -0.2) is 56.8 Å². The number of likely N-dealkylation sites (tertiary alicyclic amines) is 1. The summed E-state index contributed by atoms with van der Waals surface area (Å²) in [7, 11) is 1.63. The fourth-order valence-electron chi connectivity index (χ4n) is 3.07. The number of rotatable bonds is 6. The fourth-order valence-corrected chi connectivity index (χ4v) is 3.07. The number of hydrogen-bond acceptors (Lipinski definition) is 7. The number of primary amides is 1. The van der Waals surface area contributed by atoms with Gasteiger partial charge in [0.05, 0.1) is 17.5 Å². The third-order valence-electron chi connectivity index (χ3n) is 4.92. The van der Waals surface area contributed by atoms with Crippen LogP contribution in [0.3, 0.4) is 0 Å². The number of carbonyl (C=O) groups excluding carboxylic acids is 3. The molecule has 31 heavy (non-hydrogen) atoms. The molecule has 2 aromatic heterocycles. The van der Waals surface area contributed by atoms with Gasteiger partial charge in [0, 0.05) is 31.4 Å². The lowest BCUT2D eigenvalue weighted by Crippen LogP contribution is -2.41. The lowest BCUT2D eigenvalue weighted by atomic mass is 9.92. The van der Waals surface area contributed by atoms with Gasteiger partial charge in [-0.1, -0.05) is 19.9 Å². The first-order chi connectivity index (χ1) is 14.6. The average Bonchev–Trinajstić information content (AvgIpc) is 3.33. The van der Waals surface area contributed by atoms with Crippen molar-refractivity contribution in [3.63, 3.8) is 0 Å². The van der Waals surface area contributed by atoms with E-state index < -0.39 is 17.2 Å². The van der Waals surface area contributed by atoms with Gasteiger partial charge in [0.15, 0.2) is 11.7 Å². The molecule has 3 rings (SSSR count). The SMILES string of the molecule is CN/C=C(/NC(=O)c1cccc(-n2cc(C(N)=O)cn2)n1)C(=N)N1CCC(C)(C)C1=O. The summed E-state index contributed by atoms with van der Waals surface area (Å²) in [6.45, 7) is 4.06. The zero-order chi connectivity index (χ0) is 22.8. The van der Waals surface area contributed by atoms with Gasteiger partial charge in [-0.2, -0.15) is 5.10 Å². The largest absolute Gasteiger partial charge is 0.392 e. The molecule has 3 heterocycles. The summed E-state index contributed by atoms with van der Waals surface area (Å²) in [6, 6.07) is 4.73. The molecule has 1 fully saturated rings. The first-order valence-electron chi connectivity index (χ1n) is 9.55. The minimum atomic E-state index is -0.625. The molecule has 3 amide bonds. The van der Waals surface area contributed by atoms with Crippen molar-refractivity contribution in [2.24, 2.45) is 11.1 Å². The molecule has 0 unspecified atom stereocenters. The third-order valence-corrected chi connectivity index (χ3v) is 4.92. The van der Waals surface area contributed by atoms with Gasteiger partial charge in [-0.05, 0) is 18.6 Å². The Morgan fingerprint density at radius 3 is 2.65 bits per heavy atom. The maximum absolute atomic E-state index is 12.8. The van der Waals surface area contributed by atoms with Gasteiger partial charge in [-0.25, -0.2) is 9.67 Å². The van der Waals surface area contributed by atoms with Crippen LogP contribution in [0.2, 0.25) is 0 Å². The number of carbonyl (C=O) groups is 3. The monoisotopic (exact) mass is 424 g/mol. The van der Waals surface area contributed by atoms with Gasteiger partial charge >= 0.3 is 0 Å². The summed E-state index contributed by atoms with van der Waals surface area (Å²) in [5, 5.41) is 17.9. The Kier molecular flexibility index (Phi) is 5.86. The smallest absolute Gasteiger partial charge is 0.274 e. The molecule has 0 aromatic carbocycles. The summed E-state index contributed by atoms with van der Waals surface area (Å²) >= 11 is 0. The molecule has 0 atom stereocenters. The second-order valence-electron chi connectivity index (χ2n) is 7.66. The van der Waals surface area contributed by atoms with E-state index in [-0.39, 0.29) is 28.7 Å². The third kappa shape index (κ3) is 4.44. The fraction of sp³-hybridized carbons (Fsp3) is 0.300. The number of nitrogens with two attached hydrogens (primary N) is 1. The van der Waals surface area contributed by atoms with Crippen LogP contribution in [0.15, 0.2) is 42.5 Å². The van der Waals surface area contributed by atoms with Crippen molar-refractivity contribution in [1.82, 2.24) is 30.3 Å². The average molecular weight is 424 g/mol. The molecule has 11 nitrogen and oxygen atoms in total. The minimum absolute atomic E-state index is 0.0662. The Hall–Kier alpha value is -4.02. The number of amidine groups is 1. The zero-order valence-electron chi connectivity index (χ0n) is 17.5. The summed E-state index contributed by atoms with van der Waals surface area (Å²) in [5.74, 6) is -1.15. The molecule has 1 aliphatic heterocycles. The molecule has 0 aliphatic carbocycles. The molecule has 0 spiro atoms. The topological polar surface area (TPSA) is 159 Å². The number of nitrogens with zero attached hydrogens (tertiary/aromatic N) is 4. The van der Waals surface area contributed by atoms with Crippen LogP contribution in [0.25, 0.3) is 5.82 Å². The molecule has 11 heteroatoms. The molecule has 1 aliphatic rings. The molecule has 5 N–H and O–H groups in total. The Morgan fingerprint density at radius 1 is 1.32 bits per heavy atom. The van der Waals surface area contributed by atoms with Crippen LogP contribution in [0.4, 0.5) is 0 Å². The van der Waals surface area contributed by atoms with Crippen molar-refractivity contribution in [2.75, 3.05) is 13.6 Å². The van der Waals surface area contributed by atoms with Gasteiger partial charge in [-0.3, -0.25) is 24.7 Å². The van der Waals surface area contributed by atoms with Crippen molar-refractivity contribution >= 4 is 23.6 Å². The first-order valence-corrected chi connectivity index (χ1v) is 9.55. The van der Waals surface area contributed by atoms with Gasteiger partial charge < -0.3 is 16.4 Å². The van der Waals surface area contributed by atoms with Crippen molar-refractivity contribution in [2.45, 2.75) is 20.3 Å². The second-order valence-corrected chi connectivity index (χ2v) is 7.66. The van der Waals surface area contributed by atoms with E-state index in [9.17, 15) is 14.4 Å². The van der Waals surface area contributed by atoms with Crippen LogP contribution in [0, 0.1) is 10.8 Å². The Morgan fingerprint density at radius 2 is 2.06 bits per heavy atom.